The van der Waals surface area contributed by atoms with E-state index in [0.717, 1.165) is 11.1 Å². The molecule has 0 aromatic heterocycles. The van der Waals surface area contributed by atoms with Crippen molar-refractivity contribution in [1.82, 2.24) is 4.72 Å². The van der Waals surface area contributed by atoms with E-state index in [-0.39, 0.29) is 18.1 Å². The first-order chi connectivity index (χ1) is 15.4. The predicted molar refractivity (Wildman–Crippen MR) is 118 cm³/mol. The van der Waals surface area contributed by atoms with Crippen LogP contribution >= 0.6 is 0 Å². The maximum absolute atomic E-state index is 11.8. The molecule has 7 nitrogen and oxygen atoms in total. The van der Waals surface area contributed by atoms with Gasteiger partial charge in [0.05, 0.1) is 17.4 Å². The SMILES string of the molecule is N#Cc1ccc(Oc2cccc(COc3ccc(C4CC(=O)NS(=O)(=O)C4)cc3)c2)cc1. The number of ether oxygens (including phenoxy) is 2. The first-order valence-electron chi connectivity index (χ1n) is 9.93. The highest BCUT2D eigenvalue weighted by molar-refractivity contribution is 7.90. The van der Waals surface area contributed by atoms with Gasteiger partial charge in [-0.2, -0.15) is 5.26 Å². The van der Waals surface area contributed by atoms with Crippen molar-refractivity contribution in [3.63, 3.8) is 0 Å². The molecule has 1 atom stereocenters. The van der Waals surface area contributed by atoms with E-state index in [9.17, 15) is 13.2 Å². The molecule has 1 unspecified atom stereocenters. The maximum atomic E-state index is 11.8. The van der Waals surface area contributed by atoms with Gasteiger partial charge in [-0.3, -0.25) is 9.52 Å². The van der Waals surface area contributed by atoms with Gasteiger partial charge in [0.1, 0.15) is 23.9 Å². The number of rotatable bonds is 6. The molecule has 1 N–H and O–H groups in total. The van der Waals surface area contributed by atoms with Crippen molar-refractivity contribution in [1.29, 1.82) is 5.26 Å². The average Bonchev–Trinajstić information content (AvgIpc) is 2.77. The number of nitrogens with one attached hydrogen (secondary N) is 1. The Hall–Kier alpha value is -3.83. The summed E-state index contributed by atoms with van der Waals surface area (Å²) in [5.74, 6) is 0.975. The summed E-state index contributed by atoms with van der Waals surface area (Å²) in [6.45, 7) is 0.324. The van der Waals surface area contributed by atoms with Crippen LogP contribution in [0.25, 0.3) is 0 Å². The fourth-order valence-corrected chi connectivity index (χ4v) is 4.81. The maximum Gasteiger partial charge on any atom is 0.235 e. The molecule has 1 saturated heterocycles. The standard InChI is InChI=1S/C24H20N2O5S/c25-14-17-4-8-22(9-5-17)31-23-3-1-2-18(12-23)15-30-21-10-6-19(7-11-21)20-13-24(27)26-32(28,29)16-20/h1-12,20H,13,15-16H2,(H,26,27). The van der Waals surface area contributed by atoms with E-state index in [1.165, 1.54) is 0 Å². The molecule has 1 amide bonds. The van der Waals surface area contributed by atoms with Gasteiger partial charge in [-0.15, -0.1) is 0 Å². The van der Waals surface area contributed by atoms with Gasteiger partial charge in [-0.05, 0) is 59.7 Å². The minimum absolute atomic E-state index is 0.106. The van der Waals surface area contributed by atoms with Gasteiger partial charge < -0.3 is 9.47 Å². The lowest BCUT2D eigenvalue weighted by Crippen LogP contribution is -2.40. The van der Waals surface area contributed by atoms with Crippen LogP contribution in [0.5, 0.6) is 17.2 Å². The molecule has 0 spiro atoms. The molecule has 4 rings (SSSR count). The van der Waals surface area contributed by atoms with Crippen LogP contribution < -0.4 is 14.2 Å². The second-order valence-electron chi connectivity index (χ2n) is 7.45. The van der Waals surface area contributed by atoms with Crippen LogP contribution in [0.15, 0.2) is 72.8 Å². The Morgan fingerprint density at radius 3 is 2.38 bits per heavy atom. The van der Waals surface area contributed by atoms with Crippen molar-refractivity contribution in [2.45, 2.75) is 18.9 Å². The first kappa shape index (κ1) is 21.4. The molecule has 32 heavy (non-hydrogen) atoms. The Bertz CT molecular complexity index is 1260. The second-order valence-corrected chi connectivity index (χ2v) is 9.22. The van der Waals surface area contributed by atoms with E-state index in [1.54, 1.807) is 48.5 Å². The van der Waals surface area contributed by atoms with Gasteiger partial charge in [0.15, 0.2) is 0 Å². The largest absolute Gasteiger partial charge is 0.489 e. The number of benzene rings is 3. The van der Waals surface area contributed by atoms with Crippen LogP contribution in [0.2, 0.25) is 0 Å². The quantitative estimate of drug-likeness (QED) is 0.614. The summed E-state index contributed by atoms with van der Waals surface area (Å²) in [5.41, 5.74) is 2.27. The smallest absolute Gasteiger partial charge is 0.235 e. The number of hydrogen-bond donors (Lipinski definition) is 1. The Morgan fingerprint density at radius 1 is 0.969 bits per heavy atom. The molecule has 1 aliphatic heterocycles. The van der Waals surface area contributed by atoms with Crippen molar-refractivity contribution in [3.05, 3.63) is 89.5 Å². The first-order valence-corrected chi connectivity index (χ1v) is 11.6. The van der Waals surface area contributed by atoms with Gasteiger partial charge in [0.25, 0.3) is 0 Å². The molecule has 0 radical (unpaired) electrons. The Balaban J connectivity index is 1.37. The third-order valence-corrected chi connectivity index (χ3v) is 6.38. The summed E-state index contributed by atoms with van der Waals surface area (Å²) in [6, 6.07) is 23.6. The predicted octanol–water partition coefficient (Wildman–Crippen LogP) is 3.86. The number of nitriles is 1. The molecule has 1 fully saturated rings. The number of nitrogens with zero attached hydrogens (tertiary/aromatic N) is 1. The highest BCUT2D eigenvalue weighted by atomic mass is 32.2. The molecule has 0 bridgehead atoms. The van der Waals surface area contributed by atoms with E-state index in [2.05, 4.69) is 6.07 Å². The summed E-state index contributed by atoms with van der Waals surface area (Å²) >= 11 is 0. The van der Waals surface area contributed by atoms with Crippen LogP contribution in [0.4, 0.5) is 0 Å². The Morgan fingerprint density at radius 2 is 1.69 bits per heavy atom. The van der Waals surface area contributed by atoms with Crippen LogP contribution in [0.1, 0.15) is 29.0 Å². The molecule has 3 aromatic rings. The minimum atomic E-state index is -3.57. The fraction of sp³-hybridized carbons (Fsp3) is 0.167. The van der Waals surface area contributed by atoms with Crippen LogP contribution in [-0.4, -0.2) is 20.1 Å². The molecule has 1 aliphatic rings. The molecular weight excluding hydrogens is 428 g/mol. The van der Waals surface area contributed by atoms with Crippen molar-refractivity contribution in [3.8, 4) is 23.3 Å². The molecule has 3 aromatic carbocycles. The zero-order valence-electron chi connectivity index (χ0n) is 17.0. The summed E-state index contributed by atoms with van der Waals surface area (Å²) in [5, 5.41) is 8.88. The molecule has 162 valence electrons. The molecular formula is C24H20N2O5S. The van der Waals surface area contributed by atoms with Gasteiger partial charge >= 0.3 is 0 Å². The zero-order chi connectivity index (χ0) is 22.6. The molecule has 1 heterocycles. The second kappa shape index (κ2) is 9.12. The third kappa shape index (κ3) is 5.45. The van der Waals surface area contributed by atoms with Crippen molar-refractivity contribution >= 4 is 15.9 Å². The van der Waals surface area contributed by atoms with Crippen molar-refractivity contribution < 1.29 is 22.7 Å². The summed E-state index contributed by atoms with van der Waals surface area (Å²) in [6.07, 6.45) is 0.144. The van der Waals surface area contributed by atoms with Gasteiger partial charge in [-0.25, -0.2) is 8.42 Å². The molecule has 8 heteroatoms. The lowest BCUT2D eigenvalue weighted by atomic mass is 9.97. The number of amides is 1. The number of sulfonamides is 1. The number of carbonyl (C=O) groups is 1. The van der Waals surface area contributed by atoms with Crippen molar-refractivity contribution in [2.75, 3.05) is 5.75 Å². The lowest BCUT2D eigenvalue weighted by Gasteiger charge is -2.22. The van der Waals surface area contributed by atoms with Gasteiger partial charge in [-0.1, -0.05) is 24.3 Å². The monoisotopic (exact) mass is 448 g/mol. The van der Waals surface area contributed by atoms with E-state index in [1.807, 2.05) is 29.0 Å². The topological polar surface area (TPSA) is 105 Å². The third-order valence-electron chi connectivity index (χ3n) is 5.00. The summed E-state index contributed by atoms with van der Waals surface area (Å²) in [7, 11) is -3.57. The highest BCUT2D eigenvalue weighted by Gasteiger charge is 2.30. The van der Waals surface area contributed by atoms with E-state index in [0.29, 0.717) is 29.4 Å². The number of hydrogen-bond acceptors (Lipinski definition) is 6. The summed E-state index contributed by atoms with van der Waals surface area (Å²) < 4.78 is 37.2. The van der Waals surface area contributed by atoms with Crippen LogP contribution in [0, 0.1) is 11.3 Å². The van der Waals surface area contributed by atoms with Gasteiger partial charge in [0.2, 0.25) is 15.9 Å². The van der Waals surface area contributed by atoms with E-state index >= 15 is 0 Å². The Kier molecular flexibility index (Phi) is 6.10. The van der Waals surface area contributed by atoms with E-state index < -0.39 is 15.9 Å². The zero-order valence-corrected chi connectivity index (χ0v) is 17.8. The lowest BCUT2D eigenvalue weighted by molar-refractivity contribution is -0.119. The average molecular weight is 449 g/mol. The Labute approximate surface area is 186 Å². The molecule has 0 saturated carbocycles. The number of carbonyl (C=O) groups excluding carboxylic acids is 1. The van der Waals surface area contributed by atoms with Crippen LogP contribution in [-0.2, 0) is 21.4 Å². The van der Waals surface area contributed by atoms with Crippen molar-refractivity contribution in [2.24, 2.45) is 0 Å². The van der Waals surface area contributed by atoms with Gasteiger partial charge in [0, 0.05) is 12.3 Å². The normalized spacial score (nSPS) is 17.1. The fourth-order valence-electron chi connectivity index (χ4n) is 3.45. The highest BCUT2D eigenvalue weighted by Crippen LogP contribution is 2.27. The molecule has 0 aliphatic carbocycles. The van der Waals surface area contributed by atoms with Crippen LogP contribution in [0.3, 0.4) is 0 Å². The minimum Gasteiger partial charge on any atom is -0.489 e. The van der Waals surface area contributed by atoms with E-state index in [4.69, 9.17) is 14.7 Å². The summed E-state index contributed by atoms with van der Waals surface area (Å²) in [4.78, 5) is 11.6.